The summed E-state index contributed by atoms with van der Waals surface area (Å²) < 4.78 is 0. The number of nitrogens with zero attached hydrogens (tertiary/aromatic N) is 1. The number of nitrogens with one attached hydrogen (secondary N) is 3. The molecule has 14 nitrogen and oxygen atoms in total. The maximum atomic E-state index is 12.8. The summed E-state index contributed by atoms with van der Waals surface area (Å²) in [5.74, 6) is -4.03. The molecule has 5 unspecified atom stereocenters. The van der Waals surface area contributed by atoms with Gasteiger partial charge in [0.15, 0.2) is 5.96 Å². The van der Waals surface area contributed by atoms with E-state index in [1.54, 1.807) is 12.1 Å². The highest BCUT2D eigenvalue weighted by molar-refractivity contribution is 7.80. The van der Waals surface area contributed by atoms with E-state index in [4.69, 9.17) is 17.2 Å². The van der Waals surface area contributed by atoms with Gasteiger partial charge in [-0.2, -0.15) is 12.6 Å². The van der Waals surface area contributed by atoms with Crippen molar-refractivity contribution < 1.29 is 34.5 Å². The lowest BCUT2D eigenvalue weighted by Crippen LogP contribution is -2.60. The fourth-order valence-corrected chi connectivity index (χ4v) is 3.39. The number of nitrogens with two attached hydrogens (primary N) is 3. The number of hydrogen-bond acceptors (Lipinski definition) is 9. The summed E-state index contributed by atoms with van der Waals surface area (Å²) in [6, 6.07) is 0.984. The fraction of sp³-hybridized carbons (Fsp3) is 0.500. The molecule has 206 valence electrons. The molecule has 0 fully saturated rings. The van der Waals surface area contributed by atoms with Crippen molar-refractivity contribution in [1.29, 1.82) is 0 Å². The van der Waals surface area contributed by atoms with Gasteiger partial charge in [0.2, 0.25) is 17.7 Å². The van der Waals surface area contributed by atoms with E-state index in [1.165, 1.54) is 19.1 Å². The summed E-state index contributed by atoms with van der Waals surface area (Å²) in [6.07, 6.45) is -0.957. The Hall–Kier alpha value is -3.56. The van der Waals surface area contributed by atoms with E-state index in [1.807, 2.05) is 0 Å². The molecular weight excluding hydrogens is 506 g/mol. The molecule has 0 aliphatic carbocycles. The number of aliphatic imine (C=N–C) groups is 1. The van der Waals surface area contributed by atoms with Gasteiger partial charge in [0.25, 0.3) is 0 Å². The number of rotatable bonds is 15. The minimum Gasteiger partial charge on any atom is -0.508 e. The van der Waals surface area contributed by atoms with Crippen LogP contribution in [-0.4, -0.2) is 87.5 Å². The molecular formula is C22H35N7O7S. The topological polar surface area (TPSA) is 255 Å². The van der Waals surface area contributed by atoms with Gasteiger partial charge in [-0.1, -0.05) is 12.1 Å². The van der Waals surface area contributed by atoms with Crippen LogP contribution in [0.2, 0.25) is 0 Å². The average molecular weight is 542 g/mol. The third kappa shape index (κ3) is 11.4. The second kappa shape index (κ2) is 15.5. The number of carbonyl (C=O) groups is 4. The summed E-state index contributed by atoms with van der Waals surface area (Å²) in [5.41, 5.74) is 17.0. The Morgan fingerprint density at radius 3 is 2.11 bits per heavy atom. The number of aromatic hydroxyl groups is 1. The third-order valence-corrected chi connectivity index (χ3v) is 5.53. The average Bonchev–Trinajstić information content (AvgIpc) is 2.83. The molecule has 1 aromatic rings. The zero-order valence-corrected chi connectivity index (χ0v) is 21.2. The van der Waals surface area contributed by atoms with Crippen LogP contribution in [0.4, 0.5) is 0 Å². The number of aliphatic carboxylic acids is 1. The largest absolute Gasteiger partial charge is 0.508 e. The van der Waals surface area contributed by atoms with E-state index in [2.05, 4.69) is 33.6 Å². The van der Waals surface area contributed by atoms with Crippen molar-refractivity contribution in [3.05, 3.63) is 29.8 Å². The Kier molecular flexibility index (Phi) is 13.2. The Balaban J connectivity index is 2.77. The number of thiol groups is 1. The standard InChI is InChI=1S/C22H35N7O7S/c1-11(30)17(29-18(32)14(23)9-12-4-6-13(31)7-5-12)20(34)28-16(10-37)19(33)27-15(21(35)36)3-2-8-26-22(24)25/h4-7,11,14-17,30-31,37H,2-3,8-10,23H2,1H3,(H,27,33)(H,28,34)(H,29,32)(H,35,36)(H4,24,25,26). The summed E-state index contributed by atoms with van der Waals surface area (Å²) >= 11 is 4.04. The van der Waals surface area contributed by atoms with Crippen molar-refractivity contribution in [2.24, 2.45) is 22.2 Å². The smallest absolute Gasteiger partial charge is 0.326 e. The minimum atomic E-state index is -1.46. The van der Waals surface area contributed by atoms with E-state index in [0.717, 1.165) is 0 Å². The molecule has 0 heterocycles. The van der Waals surface area contributed by atoms with Crippen LogP contribution >= 0.6 is 12.6 Å². The molecule has 12 N–H and O–H groups in total. The molecule has 1 rings (SSSR count). The Bertz CT molecular complexity index is 955. The number of hydrogen-bond donors (Lipinski definition) is 10. The van der Waals surface area contributed by atoms with Crippen molar-refractivity contribution in [3.8, 4) is 5.75 Å². The first-order chi connectivity index (χ1) is 17.3. The number of carboxylic acids is 1. The van der Waals surface area contributed by atoms with Gasteiger partial charge in [-0.05, 0) is 43.9 Å². The van der Waals surface area contributed by atoms with E-state index < -0.39 is 54.0 Å². The zero-order valence-electron chi connectivity index (χ0n) is 20.3. The summed E-state index contributed by atoms with van der Waals surface area (Å²) in [4.78, 5) is 53.2. The van der Waals surface area contributed by atoms with E-state index in [0.29, 0.717) is 5.56 Å². The number of carboxylic acid groups (broad SMARTS) is 1. The van der Waals surface area contributed by atoms with Crippen LogP contribution in [0.5, 0.6) is 5.75 Å². The van der Waals surface area contributed by atoms with Crippen molar-refractivity contribution in [1.82, 2.24) is 16.0 Å². The lowest BCUT2D eigenvalue weighted by Gasteiger charge is -2.26. The molecule has 15 heteroatoms. The van der Waals surface area contributed by atoms with Crippen LogP contribution in [0, 0.1) is 0 Å². The molecule has 0 saturated heterocycles. The third-order valence-electron chi connectivity index (χ3n) is 5.17. The second-order valence-corrected chi connectivity index (χ2v) is 8.66. The first-order valence-corrected chi connectivity index (χ1v) is 12.0. The molecule has 37 heavy (non-hydrogen) atoms. The van der Waals surface area contributed by atoms with Gasteiger partial charge >= 0.3 is 5.97 Å². The summed E-state index contributed by atoms with van der Waals surface area (Å²) in [7, 11) is 0. The van der Waals surface area contributed by atoms with E-state index >= 15 is 0 Å². The number of carbonyl (C=O) groups excluding carboxylic acids is 3. The van der Waals surface area contributed by atoms with Gasteiger partial charge in [0, 0.05) is 12.3 Å². The van der Waals surface area contributed by atoms with Crippen molar-refractivity contribution >= 4 is 42.3 Å². The zero-order chi connectivity index (χ0) is 28.1. The van der Waals surface area contributed by atoms with Crippen LogP contribution < -0.4 is 33.2 Å². The first-order valence-electron chi connectivity index (χ1n) is 11.4. The van der Waals surface area contributed by atoms with Crippen LogP contribution in [-0.2, 0) is 25.6 Å². The number of aliphatic hydroxyl groups excluding tert-OH is 1. The number of guanidine groups is 1. The maximum Gasteiger partial charge on any atom is 0.326 e. The van der Waals surface area contributed by atoms with Gasteiger partial charge in [-0.15, -0.1) is 0 Å². The molecule has 0 radical (unpaired) electrons. The SMILES string of the molecule is CC(O)C(NC(=O)C(N)Cc1ccc(O)cc1)C(=O)NC(CS)C(=O)NC(CCCN=C(N)N)C(=O)O. The fourth-order valence-electron chi connectivity index (χ4n) is 3.13. The molecule has 3 amide bonds. The van der Waals surface area contributed by atoms with Gasteiger partial charge in [-0.25, -0.2) is 4.79 Å². The Labute approximate surface area is 219 Å². The number of amides is 3. The van der Waals surface area contributed by atoms with Gasteiger partial charge in [-0.3, -0.25) is 19.4 Å². The Morgan fingerprint density at radius 1 is 1.00 bits per heavy atom. The van der Waals surface area contributed by atoms with Crippen molar-refractivity contribution in [3.63, 3.8) is 0 Å². The van der Waals surface area contributed by atoms with Crippen molar-refractivity contribution in [2.75, 3.05) is 12.3 Å². The predicted molar refractivity (Wildman–Crippen MR) is 139 cm³/mol. The Morgan fingerprint density at radius 2 is 1.59 bits per heavy atom. The molecule has 1 aromatic carbocycles. The normalized spacial score (nSPS) is 14.8. The molecule has 0 aliphatic heterocycles. The first kappa shape index (κ1) is 31.5. The van der Waals surface area contributed by atoms with E-state index in [9.17, 15) is 34.5 Å². The highest BCUT2D eigenvalue weighted by atomic mass is 32.1. The highest BCUT2D eigenvalue weighted by Crippen LogP contribution is 2.11. The van der Waals surface area contributed by atoms with Crippen LogP contribution in [0.1, 0.15) is 25.3 Å². The number of phenols is 1. The summed E-state index contributed by atoms with van der Waals surface area (Å²) in [6.45, 7) is 1.43. The molecule has 5 atom stereocenters. The van der Waals surface area contributed by atoms with Crippen LogP contribution in [0.3, 0.4) is 0 Å². The molecule has 0 bridgehead atoms. The molecule has 0 aliphatic rings. The van der Waals surface area contributed by atoms with E-state index in [-0.39, 0.29) is 43.3 Å². The second-order valence-electron chi connectivity index (χ2n) is 8.30. The lowest BCUT2D eigenvalue weighted by atomic mass is 10.0. The van der Waals surface area contributed by atoms with Gasteiger partial charge in [0.05, 0.1) is 12.1 Å². The monoisotopic (exact) mass is 541 g/mol. The van der Waals surface area contributed by atoms with Crippen molar-refractivity contribution in [2.45, 2.75) is 56.5 Å². The van der Waals surface area contributed by atoms with Gasteiger partial charge in [0.1, 0.15) is 23.9 Å². The lowest BCUT2D eigenvalue weighted by molar-refractivity contribution is -0.142. The van der Waals surface area contributed by atoms with Gasteiger partial charge < -0.3 is 48.5 Å². The molecule has 0 spiro atoms. The maximum absolute atomic E-state index is 12.8. The highest BCUT2D eigenvalue weighted by Gasteiger charge is 2.32. The van der Waals surface area contributed by atoms with Crippen LogP contribution in [0.15, 0.2) is 29.3 Å². The number of phenolic OH excluding ortho intramolecular Hbond substituents is 1. The molecule has 0 saturated carbocycles. The quantitative estimate of drug-likeness (QED) is 0.0471. The predicted octanol–water partition coefficient (Wildman–Crippen LogP) is -2.83. The minimum absolute atomic E-state index is 0.0242. The molecule has 0 aromatic heterocycles. The van der Waals surface area contributed by atoms with Crippen LogP contribution in [0.25, 0.3) is 0 Å². The number of benzene rings is 1. The number of aliphatic hydroxyl groups is 1. The summed E-state index contributed by atoms with van der Waals surface area (Å²) in [5, 5.41) is 35.8.